The number of nitrogens with zero attached hydrogens (tertiary/aromatic N) is 1. The molecule has 0 atom stereocenters. The van der Waals surface area contributed by atoms with Gasteiger partial charge in [0.05, 0.1) is 4.70 Å². The number of aryl methyl sites for hydroxylation is 1. The zero-order valence-electron chi connectivity index (χ0n) is 22.9. The minimum absolute atomic E-state index is 0.0207. The third kappa shape index (κ3) is 7.48. The summed E-state index contributed by atoms with van der Waals surface area (Å²) in [4.78, 5) is 29.9. The third-order valence-electron chi connectivity index (χ3n) is 7.96. The SMILES string of the molecule is CC(C)(CNCCC(=O)N(CCCCCc1ccc(O)c2[nH]c(=O)sc12)C1CCCCC1)c1ccccc1. The van der Waals surface area contributed by atoms with Gasteiger partial charge in [0.2, 0.25) is 5.91 Å². The second kappa shape index (κ2) is 13.4. The summed E-state index contributed by atoms with van der Waals surface area (Å²) in [6.45, 7) is 6.85. The molecular weight excluding hydrogens is 494 g/mol. The molecule has 38 heavy (non-hydrogen) atoms. The van der Waals surface area contributed by atoms with Gasteiger partial charge in [0.25, 0.3) is 0 Å². The van der Waals surface area contributed by atoms with Crippen LogP contribution in [0, 0.1) is 0 Å². The van der Waals surface area contributed by atoms with Gasteiger partial charge in [-0.1, -0.05) is 87.3 Å². The number of hydrogen-bond acceptors (Lipinski definition) is 5. The van der Waals surface area contributed by atoms with Crippen molar-refractivity contribution in [2.45, 2.75) is 89.5 Å². The Kier molecular flexibility index (Phi) is 10.0. The molecule has 1 fully saturated rings. The van der Waals surface area contributed by atoms with Crippen LogP contribution in [0.4, 0.5) is 0 Å². The number of aromatic amines is 1. The van der Waals surface area contributed by atoms with Crippen molar-refractivity contribution >= 4 is 27.5 Å². The standard InChI is InChI=1S/C31H43N3O3S/c1-31(2,24-13-7-3-8-14-24)22-32-20-19-27(36)34(25-15-9-4-10-16-25)21-11-5-6-12-23-17-18-26(35)28-29(23)38-30(37)33-28/h3,7-8,13-14,17-18,25,32,35H,4-6,9-12,15-16,19-22H2,1-2H3,(H,33,37). The number of benzene rings is 2. The quantitative estimate of drug-likeness (QED) is 0.229. The lowest BCUT2D eigenvalue weighted by Gasteiger charge is -2.35. The van der Waals surface area contributed by atoms with Crippen LogP contribution < -0.4 is 10.2 Å². The highest BCUT2D eigenvalue weighted by Crippen LogP contribution is 2.29. The van der Waals surface area contributed by atoms with Crippen molar-refractivity contribution in [2.24, 2.45) is 0 Å². The van der Waals surface area contributed by atoms with Crippen molar-refractivity contribution < 1.29 is 9.90 Å². The van der Waals surface area contributed by atoms with Crippen molar-refractivity contribution in [1.29, 1.82) is 0 Å². The normalized spacial score (nSPS) is 14.7. The number of amides is 1. The first-order valence-corrected chi connectivity index (χ1v) is 15.1. The van der Waals surface area contributed by atoms with E-state index in [0.717, 1.165) is 73.2 Å². The molecule has 0 spiro atoms. The lowest BCUT2D eigenvalue weighted by atomic mass is 9.84. The van der Waals surface area contributed by atoms with Crippen molar-refractivity contribution in [2.75, 3.05) is 19.6 Å². The highest BCUT2D eigenvalue weighted by atomic mass is 32.1. The van der Waals surface area contributed by atoms with E-state index in [-0.39, 0.29) is 21.9 Å². The highest BCUT2D eigenvalue weighted by Gasteiger charge is 2.25. The number of fused-ring (bicyclic) bond motifs is 1. The van der Waals surface area contributed by atoms with Crippen LogP contribution in [0.25, 0.3) is 10.2 Å². The lowest BCUT2D eigenvalue weighted by molar-refractivity contribution is -0.134. The Labute approximate surface area is 230 Å². The monoisotopic (exact) mass is 537 g/mol. The topological polar surface area (TPSA) is 85.4 Å². The van der Waals surface area contributed by atoms with E-state index in [1.807, 2.05) is 12.1 Å². The maximum atomic E-state index is 13.3. The Morgan fingerprint density at radius 2 is 1.84 bits per heavy atom. The molecule has 0 aliphatic heterocycles. The molecular formula is C31H43N3O3S. The van der Waals surface area contributed by atoms with E-state index in [1.54, 1.807) is 6.07 Å². The van der Waals surface area contributed by atoms with Crippen LogP contribution in [-0.2, 0) is 16.6 Å². The summed E-state index contributed by atoms with van der Waals surface area (Å²) in [5.41, 5.74) is 2.98. The number of aromatic nitrogens is 1. The largest absolute Gasteiger partial charge is 0.506 e. The Morgan fingerprint density at radius 1 is 1.08 bits per heavy atom. The first-order valence-electron chi connectivity index (χ1n) is 14.2. The van der Waals surface area contributed by atoms with Gasteiger partial charge in [-0.2, -0.15) is 0 Å². The van der Waals surface area contributed by atoms with E-state index in [2.05, 4.69) is 53.3 Å². The second-order valence-electron chi connectivity index (χ2n) is 11.3. The average molecular weight is 538 g/mol. The van der Waals surface area contributed by atoms with E-state index < -0.39 is 0 Å². The van der Waals surface area contributed by atoms with Crippen molar-refractivity contribution in [3.05, 3.63) is 63.3 Å². The molecule has 0 saturated heterocycles. The van der Waals surface area contributed by atoms with E-state index in [1.165, 1.54) is 24.8 Å². The second-order valence-corrected chi connectivity index (χ2v) is 12.3. The number of nitrogens with one attached hydrogen (secondary N) is 2. The molecule has 6 nitrogen and oxygen atoms in total. The fourth-order valence-corrected chi connectivity index (χ4v) is 6.58. The number of hydrogen-bond donors (Lipinski definition) is 3. The van der Waals surface area contributed by atoms with Gasteiger partial charge < -0.3 is 20.3 Å². The average Bonchev–Trinajstić information content (AvgIpc) is 3.33. The van der Waals surface area contributed by atoms with Gasteiger partial charge in [-0.05, 0) is 49.3 Å². The number of phenolic OH excluding ortho intramolecular Hbond substituents is 1. The van der Waals surface area contributed by atoms with Gasteiger partial charge in [-0.25, -0.2) is 0 Å². The predicted octanol–water partition coefficient (Wildman–Crippen LogP) is 6.13. The first-order chi connectivity index (χ1) is 18.3. The number of rotatable bonds is 13. The van der Waals surface area contributed by atoms with Crippen molar-refractivity contribution in [3.8, 4) is 5.75 Å². The predicted molar refractivity (Wildman–Crippen MR) is 157 cm³/mol. The Hall–Kier alpha value is -2.64. The molecule has 3 aromatic rings. The van der Waals surface area contributed by atoms with Gasteiger partial charge in [0.1, 0.15) is 11.3 Å². The van der Waals surface area contributed by atoms with Gasteiger partial charge in [0.15, 0.2) is 0 Å². The van der Waals surface area contributed by atoms with Gasteiger partial charge >= 0.3 is 4.87 Å². The molecule has 1 heterocycles. The van der Waals surface area contributed by atoms with E-state index in [4.69, 9.17) is 0 Å². The lowest BCUT2D eigenvalue weighted by Crippen LogP contribution is -2.43. The molecule has 0 radical (unpaired) electrons. The Balaban J connectivity index is 1.25. The fraction of sp³-hybridized carbons (Fsp3) is 0.548. The number of aromatic hydroxyl groups is 1. The molecule has 1 aliphatic carbocycles. The summed E-state index contributed by atoms with van der Waals surface area (Å²) >= 11 is 1.16. The molecule has 1 aromatic heterocycles. The number of unbranched alkanes of at least 4 members (excludes halogenated alkanes) is 2. The summed E-state index contributed by atoms with van der Waals surface area (Å²) in [6.07, 6.45) is 10.4. The summed E-state index contributed by atoms with van der Waals surface area (Å²) in [6, 6.07) is 14.5. The van der Waals surface area contributed by atoms with Crippen LogP contribution >= 0.6 is 11.3 Å². The minimum atomic E-state index is -0.137. The smallest absolute Gasteiger partial charge is 0.305 e. The van der Waals surface area contributed by atoms with Crippen LogP contribution in [-0.4, -0.2) is 46.6 Å². The number of carbonyl (C=O) groups is 1. The summed E-state index contributed by atoms with van der Waals surface area (Å²) in [5, 5.41) is 13.6. The van der Waals surface area contributed by atoms with Gasteiger partial charge in [-0.3, -0.25) is 9.59 Å². The summed E-state index contributed by atoms with van der Waals surface area (Å²) < 4.78 is 0.858. The van der Waals surface area contributed by atoms with Crippen LogP contribution in [0.5, 0.6) is 5.75 Å². The van der Waals surface area contributed by atoms with Crippen LogP contribution in [0.2, 0.25) is 0 Å². The summed E-state index contributed by atoms with van der Waals surface area (Å²) in [7, 11) is 0. The Bertz CT molecular complexity index is 1230. The van der Waals surface area contributed by atoms with E-state index in [9.17, 15) is 14.7 Å². The highest BCUT2D eigenvalue weighted by molar-refractivity contribution is 7.16. The zero-order chi connectivity index (χ0) is 27.0. The van der Waals surface area contributed by atoms with Crippen LogP contribution in [0.1, 0.15) is 82.8 Å². The molecule has 3 N–H and O–H groups in total. The number of thiazole rings is 1. The number of phenols is 1. The minimum Gasteiger partial charge on any atom is -0.506 e. The molecule has 4 rings (SSSR count). The molecule has 1 amide bonds. The molecule has 1 saturated carbocycles. The fourth-order valence-electron chi connectivity index (χ4n) is 5.68. The molecule has 1 aliphatic rings. The Morgan fingerprint density at radius 3 is 2.61 bits per heavy atom. The van der Waals surface area contributed by atoms with E-state index in [0.29, 0.717) is 24.5 Å². The summed E-state index contributed by atoms with van der Waals surface area (Å²) in [5.74, 6) is 0.404. The maximum Gasteiger partial charge on any atom is 0.305 e. The molecule has 0 unspecified atom stereocenters. The molecule has 0 bridgehead atoms. The van der Waals surface area contributed by atoms with Crippen molar-refractivity contribution in [1.82, 2.24) is 15.2 Å². The third-order valence-corrected chi connectivity index (χ3v) is 8.92. The van der Waals surface area contributed by atoms with Gasteiger partial charge in [0, 0.05) is 37.5 Å². The van der Waals surface area contributed by atoms with E-state index >= 15 is 0 Å². The van der Waals surface area contributed by atoms with Crippen molar-refractivity contribution in [3.63, 3.8) is 0 Å². The number of carbonyl (C=O) groups excluding carboxylic acids is 1. The maximum absolute atomic E-state index is 13.3. The number of H-pyrrole nitrogens is 1. The van der Waals surface area contributed by atoms with Crippen LogP contribution in [0.3, 0.4) is 0 Å². The van der Waals surface area contributed by atoms with Gasteiger partial charge in [-0.15, -0.1) is 0 Å². The molecule has 206 valence electrons. The molecule has 2 aromatic carbocycles. The first kappa shape index (κ1) is 28.4. The molecule has 7 heteroatoms. The van der Waals surface area contributed by atoms with Crippen LogP contribution in [0.15, 0.2) is 47.3 Å². The zero-order valence-corrected chi connectivity index (χ0v) is 23.7.